The molecule has 3 nitrogen and oxygen atoms in total. The summed E-state index contributed by atoms with van der Waals surface area (Å²) in [5.74, 6) is 0.943. The first-order valence-electron chi connectivity index (χ1n) is 3.31. The Morgan fingerprint density at radius 2 is 2.64 bits per heavy atom. The number of halogens is 1. The molecule has 11 heavy (non-hydrogen) atoms. The summed E-state index contributed by atoms with van der Waals surface area (Å²) in [6.07, 6.45) is 3.54. The Bertz CT molecular complexity index is 218. The maximum Gasteiger partial charge on any atom is 0.120 e. The average Bonchev–Trinajstić information content (AvgIpc) is 2.39. The zero-order valence-corrected chi connectivity index (χ0v) is 7.69. The fraction of sp³-hybridized carbons (Fsp3) is 0.286. The van der Waals surface area contributed by atoms with Crippen LogP contribution >= 0.6 is 15.9 Å². The Labute approximate surface area is 74.0 Å². The zero-order valence-electron chi connectivity index (χ0n) is 6.10. The highest BCUT2D eigenvalue weighted by Gasteiger charge is 1.92. The van der Waals surface area contributed by atoms with Crippen molar-refractivity contribution >= 4 is 15.9 Å². The van der Waals surface area contributed by atoms with E-state index in [-0.39, 0.29) is 0 Å². The molecule has 1 rings (SSSR count). The van der Waals surface area contributed by atoms with Crippen molar-refractivity contribution in [1.82, 2.24) is 15.3 Å². The highest BCUT2D eigenvalue weighted by molar-refractivity contribution is 9.11. The first-order chi connectivity index (χ1) is 5.29. The van der Waals surface area contributed by atoms with Gasteiger partial charge >= 0.3 is 0 Å². The zero-order chi connectivity index (χ0) is 8.10. The molecule has 0 unspecified atom stereocenters. The van der Waals surface area contributed by atoms with Crippen molar-refractivity contribution in [2.45, 2.75) is 6.54 Å². The lowest BCUT2D eigenvalue weighted by Gasteiger charge is -1.98. The van der Waals surface area contributed by atoms with Crippen molar-refractivity contribution in [3.63, 3.8) is 0 Å². The highest BCUT2D eigenvalue weighted by atomic mass is 79.9. The van der Waals surface area contributed by atoms with Crippen molar-refractivity contribution in [2.75, 3.05) is 6.54 Å². The third-order valence-corrected chi connectivity index (χ3v) is 1.44. The van der Waals surface area contributed by atoms with Gasteiger partial charge in [0.15, 0.2) is 0 Å². The van der Waals surface area contributed by atoms with Crippen molar-refractivity contribution in [2.24, 2.45) is 0 Å². The van der Waals surface area contributed by atoms with Gasteiger partial charge in [-0.05, 0) is 0 Å². The standard InChI is InChI=1S/C7H10BrN3/c1-6(8)4-9-5-7-10-2-3-11-7/h2-3,9H,1,4-5H2,(H,10,11). The second-order valence-electron chi connectivity index (χ2n) is 2.16. The molecule has 0 atom stereocenters. The molecule has 0 saturated carbocycles. The van der Waals surface area contributed by atoms with Gasteiger partial charge in [-0.1, -0.05) is 22.5 Å². The van der Waals surface area contributed by atoms with Gasteiger partial charge < -0.3 is 10.3 Å². The van der Waals surface area contributed by atoms with Crippen molar-refractivity contribution in [3.8, 4) is 0 Å². The lowest BCUT2D eigenvalue weighted by atomic mass is 10.5. The summed E-state index contributed by atoms with van der Waals surface area (Å²) >= 11 is 3.25. The summed E-state index contributed by atoms with van der Waals surface area (Å²) in [7, 11) is 0. The molecular formula is C7H10BrN3. The second kappa shape index (κ2) is 4.31. The number of nitrogens with one attached hydrogen (secondary N) is 2. The molecule has 1 heterocycles. The molecule has 0 bridgehead atoms. The maximum atomic E-state index is 4.05. The monoisotopic (exact) mass is 215 g/mol. The molecule has 0 saturated heterocycles. The summed E-state index contributed by atoms with van der Waals surface area (Å²) < 4.78 is 0.948. The van der Waals surface area contributed by atoms with Crippen LogP contribution in [-0.2, 0) is 6.54 Å². The van der Waals surface area contributed by atoms with E-state index in [9.17, 15) is 0 Å². The molecule has 60 valence electrons. The fourth-order valence-corrected chi connectivity index (χ4v) is 0.909. The molecule has 0 aromatic carbocycles. The average molecular weight is 216 g/mol. The van der Waals surface area contributed by atoms with Crippen LogP contribution in [0.4, 0.5) is 0 Å². The summed E-state index contributed by atoms with van der Waals surface area (Å²) in [5, 5.41) is 3.15. The number of nitrogens with zero attached hydrogens (tertiary/aromatic N) is 1. The van der Waals surface area contributed by atoms with Gasteiger partial charge in [0.25, 0.3) is 0 Å². The van der Waals surface area contributed by atoms with E-state index in [1.54, 1.807) is 12.4 Å². The molecule has 1 aromatic heterocycles. The summed E-state index contributed by atoms with van der Waals surface area (Å²) in [5.41, 5.74) is 0. The quantitative estimate of drug-likeness (QED) is 0.798. The van der Waals surface area contributed by atoms with Crippen LogP contribution in [0.5, 0.6) is 0 Å². The second-order valence-corrected chi connectivity index (χ2v) is 3.28. The number of imidazole rings is 1. The van der Waals surface area contributed by atoms with Gasteiger partial charge in [0, 0.05) is 23.4 Å². The van der Waals surface area contributed by atoms with Crippen LogP contribution < -0.4 is 5.32 Å². The predicted molar refractivity (Wildman–Crippen MR) is 48.4 cm³/mol. The summed E-state index contributed by atoms with van der Waals surface area (Å²) in [6, 6.07) is 0. The van der Waals surface area contributed by atoms with Gasteiger partial charge in [0.2, 0.25) is 0 Å². The van der Waals surface area contributed by atoms with E-state index in [0.717, 1.165) is 23.4 Å². The third-order valence-electron chi connectivity index (χ3n) is 1.16. The minimum atomic E-state index is 0.748. The lowest BCUT2D eigenvalue weighted by molar-refractivity contribution is 0.723. The fourth-order valence-electron chi connectivity index (χ4n) is 0.711. The Balaban J connectivity index is 2.19. The maximum absolute atomic E-state index is 4.05. The van der Waals surface area contributed by atoms with E-state index in [1.807, 2.05) is 0 Å². The number of hydrogen-bond acceptors (Lipinski definition) is 2. The van der Waals surface area contributed by atoms with E-state index in [0.29, 0.717) is 0 Å². The Morgan fingerprint density at radius 3 is 3.18 bits per heavy atom. The van der Waals surface area contributed by atoms with Gasteiger partial charge in [-0.15, -0.1) is 0 Å². The Morgan fingerprint density at radius 1 is 1.82 bits per heavy atom. The van der Waals surface area contributed by atoms with Crippen LogP contribution in [0.3, 0.4) is 0 Å². The largest absolute Gasteiger partial charge is 0.348 e. The van der Waals surface area contributed by atoms with E-state index in [2.05, 4.69) is 37.8 Å². The van der Waals surface area contributed by atoms with Crippen molar-refractivity contribution in [3.05, 3.63) is 29.3 Å². The van der Waals surface area contributed by atoms with Crippen LogP contribution in [0.25, 0.3) is 0 Å². The normalized spacial score (nSPS) is 9.91. The Hall–Kier alpha value is -0.610. The molecule has 2 N–H and O–H groups in total. The smallest absolute Gasteiger partial charge is 0.120 e. The predicted octanol–water partition coefficient (Wildman–Crippen LogP) is 1.41. The molecule has 0 spiro atoms. The van der Waals surface area contributed by atoms with Gasteiger partial charge in [0.05, 0.1) is 6.54 Å². The Kier molecular flexibility index (Phi) is 3.32. The molecule has 0 amide bonds. The number of H-pyrrole nitrogens is 1. The molecule has 0 aliphatic rings. The minimum absolute atomic E-state index is 0.748. The first-order valence-corrected chi connectivity index (χ1v) is 4.10. The van der Waals surface area contributed by atoms with E-state index >= 15 is 0 Å². The van der Waals surface area contributed by atoms with E-state index in [1.165, 1.54) is 0 Å². The number of aromatic amines is 1. The van der Waals surface area contributed by atoms with E-state index in [4.69, 9.17) is 0 Å². The first kappa shape index (κ1) is 8.49. The van der Waals surface area contributed by atoms with Crippen LogP contribution in [0, 0.1) is 0 Å². The van der Waals surface area contributed by atoms with Gasteiger partial charge in [-0.2, -0.15) is 0 Å². The molecule has 1 aromatic rings. The van der Waals surface area contributed by atoms with Gasteiger partial charge in [0.1, 0.15) is 5.82 Å². The molecule has 0 fully saturated rings. The molecule has 0 aliphatic heterocycles. The van der Waals surface area contributed by atoms with Gasteiger partial charge in [-0.3, -0.25) is 0 Å². The van der Waals surface area contributed by atoms with E-state index < -0.39 is 0 Å². The highest BCUT2D eigenvalue weighted by Crippen LogP contribution is 1.97. The number of rotatable bonds is 4. The lowest BCUT2D eigenvalue weighted by Crippen LogP contribution is -2.15. The van der Waals surface area contributed by atoms with Crippen molar-refractivity contribution in [1.29, 1.82) is 0 Å². The summed E-state index contributed by atoms with van der Waals surface area (Å²) in [6.45, 7) is 5.21. The molecule has 0 aliphatic carbocycles. The van der Waals surface area contributed by atoms with Crippen LogP contribution in [0.2, 0.25) is 0 Å². The topological polar surface area (TPSA) is 40.7 Å². The SMILES string of the molecule is C=C(Br)CNCc1ncc[nH]1. The number of hydrogen-bond donors (Lipinski definition) is 2. The summed E-state index contributed by atoms with van der Waals surface area (Å²) in [4.78, 5) is 7.04. The third kappa shape index (κ3) is 3.34. The van der Waals surface area contributed by atoms with Crippen LogP contribution in [-0.4, -0.2) is 16.5 Å². The molecule has 4 heteroatoms. The van der Waals surface area contributed by atoms with Crippen LogP contribution in [0.15, 0.2) is 23.5 Å². The van der Waals surface area contributed by atoms with Crippen molar-refractivity contribution < 1.29 is 0 Å². The molecular weight excluding hydrogens is 206 g/mol. The molecule has 0 radical (unpaired) electrons. The number of aromatic nitrogens is 2. The minimum Gasteiger partial charge on any atom is -0.348 e. The van der Waals surface area contributed by atoms with Crippen LogP contribution in [0.1, 0.15) is 5.82 Å². The van der Waals surface area contributed by atoms with Gasteiger partial charge in [-0.25, -0.2) is 4.98 Å².